The molecule has 0 spiro atoms. The number of nitrogens with two attached hydrogens (primary N) is 1. The molecule has 1 aliphatic rings. The first-order valence-electron chi connectivity index (χ1n) is 4.23. The van der Waals surface area contributed by atoms with Gasteiger partial charge in [-0.05, 0) is 0 Å². The van der Waals surface area contributed by atoms with Gasteiger partial charge in [0.05, 0.1) is 23.7 Å². The normalized spacial score (nSPS) is 28.7. The third-order valence-electron chi connectivity index (χ3n) is 1.90. The van der Waals surface area contributed by atoms with Crippen molar-refractivity contribution >= 4 is 11.0 Å². The molecule has 5 heteroatoms. The molecule has 0 amide bonds. The zero-order chi connectivity index (χ0) is 8.97. The standard InChI is InChI=1S/C7H16N2O2S/c1-2-12(10)9-3-4-11-7(5-8)6-9/h7H,2-6,8H2,1H3. The Morgan fingerprint density at radius 1 is 1.75 bits per heavy atom. The lowest BCUT2D eigenvalue weighted by molar-refractivity contribution is 0.00609. The fourth-order valence-electron chi connectivity index (χ4n) is 1.20. The van der Waals surface area contributed by atoms with Crippen molar-refractivity contribution < 1.29 is 8.95 Å². The zero-order valence-electron chi connectivity index (χ0n) is 7.36. The Morgan fingerprint density at radius 2 is 2.50 bits per heavy atom. The maximum absolute atomic E-state index is 11.4. The van der Waals surface area contributed by atoms with Crippen LogP contribution in [0, 0.1) is 0 Å². The van der Waals surface area contributed by atoms with Crippen molar-refractivity contribution in [3.63, 3.8) is 0 Å². The molecule has 0 aromatic carbocycles. The van der Waals surface area contributed by atoms with Crippen molar-refractivity contribution in [2.75, 3.05) is 32.0 Å². The Labute approximate surface area is 75.6 Å². The van der Waals surface area contributed by atoms with E-state index in [0.29, 0.717) is 25.4 Å². The molecule has 1 saturated heterocycles. The molecule has 2 atom stereocenters. The van der Waals surface area contributed by atoms with E-state index in [-0.39, 0.29) is 6.10 Å². The Bertz CT molecular complexity index is 165. The van der Waals surface area contributed by atoms with Crippen molar-refractivity contribution in [2.45, 2.75) is 13.0 Å². The van der Waals surface area contributed by atoms with Crippen LogP contribution in [0.3, 0.4) is 0 Å². The van der Waals surface area contributed by atoms with Crippen LogP contribution in [-0.4, -0.2) is 46.6 Å². The summed E-state index contributed by atoms with van der Waals surface area (Å²) < 4.78 is 18.7. The van der Waals surface area contributed by atoms with Crippen LogP contribution < -0.4 is 5.73 Å². The fourth-order valence-corrected chi connectivity index (χ4v) is 2.18. The summed E-state index contributed by atoms with van der Waals surface area (Å²) in [6, 6.07) is 0. The summed E-state index contributed by atoms with van der Waals surface area (Å²) in [5.41, 5.74) is 5.46. The minimum absolute atomic E-state index is 0.0641. The van der Waals surface area contributed by atoms with E-state index in [4.69, 9.17) is 10.5 Å². The van der Waals surface area contributed by atoms with Crippen LogP contribution in [0.5, 0.6) is 0 Å². The molecule has 0 saturated carbocycles. The molecule has 4 nitrogen and oxygen atoms in total. The highest BCUT2D eigenvalue weighted by atomic mass is 32.2. The fraction of sp³-hybridized carbons (Fsp3) is 1.00. The maximum Gasteiger partial charge on any atom is 0.0941 e. The van der Waals surface area contributed by atoms with Crippen LogP contribution >= 0.6 is 0 Å². The number of nitrogens with zero attached hydrogens (tertiary/aromatic N) is 1. The van der Waals surface area contributed by atoms with E-state index in [1.165, 1.54) is 0 Å². The van der Waals surface area contributed by atoms with Gasteiger partial charge in [0.25, 0.3) is 0 Å². The molecule has 0 bridgehead atoms. The molecule has 2 N–H and O–H groups in total. The van der Waals surface area contributed by atoms with Crippen LogP contribution in [0.2, 0.25) is 0 Å². The van der Waals surface area contributed by atoms with E-state index in [9.17, 15) is 4.21 Å². The van der Waals surface area contributed by atoms with Crippen molar-refractivity contribution in [2.24, 2.45) is 5.73 Å². The Morgan fingerprint density at radius 3 is 3.08 bits per heavy atom. The molecule has 1 heterocycles. The largest absolute Gasteiger partial charge is 0.374 e. The molecular formula is C7H16N2O2S. The second-order valence-corrected chi connectivity index (χ2v) is 4.46. The molecule has 0 aromatic heterocycles. The lowest BCUT2D eigenvalue weighted by atomic mass is 10.3. The summed E-state index contributed by atoms with van der Waals surface area (Å²) in [7, 11) is -0.838. The molecule has 1 aliphatic heterocycles. The maximum atomic E-state index is 11.4. The Hall–Kier alpha value is 0.0300. The summed E-state index contributed by atoms with van der Waals surface area (Å²) in [6.07, 6.45) is 0.0641. The van der Waals surface area contributed by atoms with E-state index in [1.807, 2.05) is 11.2 Å². The van der Waals surface area contributed by atoms with Gasteiger partial charge in [-0.3, -0.25) is 0 Å². The van der Waals surface area contributed by atoms with Gasteiger partial charge in [0.1, 0.15) is 0 Å². The lowest BCUT2D eigenvalue weighted by Crippen LogP contribution is -2.46. The predicted octanol–water partition coefficient (Wildman–Crippen LogP) is -0.670. The van der Waals surface area contributed by atoms with Gasteiger partial charge in [-0.15, -0.1) is 0 Å². The molecule has 1 fully saturated rings. The zero-order valence-corrected chi connectivity index (χ0v) is 8.18. The molecule has 1 rings (SSSR count). The molecule has 0 radical (unpaired) electrons. The summed E-state index contributed by atoms with van der Waals surface area (Å²) >= 11 is 0. The van der Waals surface area contributed by atoms with Crippen molar-refractivity contribution in [1.29, 1.82) is 0 Å². The van der Waals surface area contributed by atoms with Crippen molar-refractivity contribution in [3.8, 4) is 0 Å². The predicted molar refractivity (Wildman–Crippen MR) is 49.1 cm³/mol. The molecule has 12 heavy (non-hydrogen) atoms. The van der Waals surface area contributed by atoms with Crippen molar-refractivity contribution in [1.82, 2.24) is 4.31 Å². The topological polar surface area (TPSA) is 55.6 Å². The first-order chi connectivity index (χ1) is 5.77. The van der Waals surface area contributed by atoms with Crippen LogP contribution in [0.4, 0.5) is 0 Å². The molecular weight excluding hydrogens is 176 g/mol. The number of morpholine rings is 1. The van der Waals surface area contributed by atoms with Crippen molar-refractivity contribution in [3.05, 3.63) is 0 Å². The highest BCUT2D eigenvalue weighted by Crippen LogP contribution is 2.06. The quantitative estimate of drug-likeness (QED) is 0.645. The summed E-state index contributed by atoms with van der Waals surface area (Å²) in [5, 5.41) is 0. The summed E-state index contributed by atoms with van der Waals surface area (Å²) in [4.78, 5) is 0. The van der Waals surface area contributed by atoms with Gasteiger partial charge in [0.2, 0.25) is 0 Å². The van der Waals surface area contributed by atoms with Gasteiger partial charge in [-0.25, -0.2) is 8.51 Å². The van der Waals surface area contributed by atoms with Crippen LogP contribution in [0.25, 0.3) is 0 Å². The van der Waals surface area contributed by atoms with Crippen LogP contribution in [-0.2, 0) is 15.7 Å². The van der Waals surface area contributed by atoms with Gasteiger partial charge in [-0.1, -0.05) is 6.92 Å². The highest BCUT2D eigenvalue weighted by molar-refractivity contribution is 7.82. The van der Waals surface area contributed by atoms with Crippen LogP contribution in [0.1, 0.15) is 6.92 Å². The van der Waals surface area contributed by atoms with Gasteiger partial charge in [0.15, 0.2) is 0 Å². The summed E-state index contributed by atoms with van der Waals surface area (Å²) in [5.74, 6) is 0.678. The number of hydrogen-bond acceptors (Lipinski definition) is 3. The average Bonchev–Trinajstić information content (AvgIpc) is 2.17. The minimum Gasteiger partial charge on any atom is -0.374 e. The average molecular weight is 192 g/mol. The monoisotopic (exact) mass is 192 g/mol. The number of rotatable bonds is 3. The lowest BCUT2D eigenvalue weighted by Gasteiger charge is -2.30. The third kappa shape index (κ3) is 2.52. The number of hydrogen-bond donors (Lipinski definition) is 1. The van der Waals surface area contributed by atoms with Gasteiger partial charge in [0, 0.05) is 25.4 Å². The Kier molecular flexibility index (Phi) is 4.14. The Balaban J connectivity index is 2.40. The van der Waals surface area contributed by atoms with E-state index in [1.54, 1.807) is 0 Å². The van der Waals surface area contributed by atoms with Gasteiger partial charge >= 0.3 is 0 Å². The van der Waals surface area contributed by atoms with E-state index >= 15 is 0 Å². The smallest absolute Gasteiger partial charge is 0.0941 e. The molecule has 2 unspecified atom stereocenters. The van der Waals surface area contributed by atoms with Gasteiger partial charge in [-0.2, -0.15) is 0 Å². The second kappa shape index (κ2) is 4.91. The van der Waals surface area contributed by atoms with E-state index in [0.717, 1.165) is 6.54 Å². The SMILES string of the molecule is CCS(=O)N1CCOC(CN)C1. The molecule has 0 aliphatic carbocycles. The van der Waals surface area contributed by atoms with E-state index in [2.05, 4.69) is 0 Å². The minimum atomic E-state index is -0.838. The highest BCUT2D eigenvalue weighted by Gasteiger charge is 2.21. The third-order valence-corrected chi connectivity index (χ3v) is 3.30. The second-order valence-electron chi connectivity index (χ2n) is 2.73. The van der Waals surface area contributed by atoms with E-state index < -0.39 is 11.0 Å². The first-order valence-corrected chi connectivity index (χ1v) is 5.50. The van der Waals surface area contributed by atoms with Gasteiger partial charge < -0.3 is 10.5 Å². The van der Waals surface area contributed by atoms with Crippen LogP contribution in [0.15, 0.2) is 0 Å². The first kappa shape index (κ1) is 10.1. The molecule has 72 valence electrons. The number of ether oxygens (including phenoxy) is 1. The summed E-state index contributed by atoms with van der Waals surface area (Å²) in [6.45, 7) is 4.54. The molecule has 0 aromatic rings.